The molecule has 1 amide bonds. The van der Waals surface area contributed by atoms with Gasteiger partial charge in [-0.1, -0.05) is 0 Å². The Morgan fingerprint density at radius 2 is 1.91 bits per heavy atom. The van der Waals surface area contributed by atoms with Crippen molar-refractivity contribution in [1.29, 1.82) is 0 Å². The summed E-state index contributed by atoms with van der Waals surface area (Å²) in [6.07, 6.45) is 1.63. The molecule has 7 heteroatoms. The highest BCUT2D eigenvalue weighted by atomic mass is 16.4. The molecule has 0 aliphatic rings. The van der Waals surface area contributed by atoms with E-state index in [-0.39, 0.29) is 11.9 Å². The summed E-state index contributed by atoms with van der Waals surface area (Å²) >= 11 is 0. The van der Waals surface area contributed by atoms with Gasteiger partial charge >= 0.3 is 5.97 Å². The van der Waals surface area contributed by atoms with Crippen molar-refractivity contribution in [2.75, 3.05) is 0 Å². The zero-order valence-corrected chi connectivity index (χ0v) is 14.0. The number of carbonyl (C=O) groups is 2. The summed E-state index contributed by atoms with van der Waals surface area (Å²) in [5.41, 5.74) is 1.83. The Balaban J connectivity index is 2.39. The van der Waals surface area contributed by atoms with E-state index in [9.17, 15) is 9.59 Å². The first kappa shape index (κ1) is 16.9. The molecule has 2 N–H and O–H groups in total. The first-order valence-corrected chi connectivity index (χ1v) is 7.61. The van der Waals surface area contributed by atoms with Crippen molar-refractivity contribution in [3.8, 4) is 0 Å². The molecule has 2 aromatic rings. The van der Waals surface area contributed by atoms with Crippen LogP contribution in [-0.2, 0) is 4.79 Å². The molecule has 2 unspecified atom stereocenters. The van der Waals surface area contributed by atoms with Gasteiger partial charge in [-0.25, -0.2) is 9.67 Å². The van der Waals surface area contributed by atoms with E-state index >= 15 is 0 Å². The van der Waals surface area contributed by atoms with Gasteiger partial charge in [0.05, 0.1) is 23.1 Å². The number of aromatic nitrogens is 3. The maximum Gasteiger partial charge on any atom is 0.308 e. The van der Waals surface area contributed by atoms with Gasteiger partial charge < -0.3 is 10.4 Å². The Morgan fingerprint density at radius 1 is 1.26 bits per heavy atom. The topological polar surface area (TPSA) is 97.1 Å². The van der Waals surface area contributed by atoms with Crippen LogP contribution in [0.15, 0.2) is 12.3 Å². The number of carboxylic acids is 1. The summed E-state index contributed by atoms with van der Waals surface area (Å²) in [6, 6.07) is 1.34. The molecular formula is C16H22N4O3. The molecular weight excluding hydrogens is 296 g/mol. The van der Waals surface area contributed by atoms with Crippen LogP contribution in [0, 0.1) is 12.8 Å². The van der Waals surface area contributed by atoms with Gasteiger partial charge in [0, 0.05) is 17.8 Å². The van der Waals surface area contributed by atoms with Gasteiger partial charge in [0.25, 0.3) is 5.91 Å². The van der Waals surface area contributed by atoms with Crippen LogP contribution in [0.2, 0.25) is 0 Å². The van der Waals surface area contributed by atoms with Crippen LogP contribution in [0.5, 0.6) is 0 Å². The van der Waals surface area contributed by atoms with E-state index < -0.39 is 17.9 Å². The fraction of sp³-hybridized carbons (Fsp3) is 0.500. The SMILES string of the molecule is Cc1cc(C(=O)NC(C)C(C)C(=O)O)c2cnn(C(C)C)c2n1. The molecule has 0 aromatic carbocycles. The molecule has 2 atom stereocenters. The minimum atomic E-state index is -0.943. The molecule has 2 heterocycles. The number of rotatable bonds is 5. The van der Waals surface area contributed by atoms with Crippen molar-refractivity contribution in [2.45, 2.75) is 46.7 Å². The van der Waals surface area contributed by atoms with Gasteiger partial charge in [0.15, 0.2) is 5.65 Å². The summed E-state index contributed by atoms with van der Waals surface area (Å²) in [4.78, 5) is 28.1. The summed E-state index contributed by atoms with van der Waals surface area (Å²) in [7, 11) is 0. The van der Waals surface area contributed by atoms with Crippen LogP contribution in [0.3, 0.4) is 0 Å². The van der Waals surface area contributed by atoms with Crippen LogP contribution < -0.4 is 5.32 Å². The summed E-state index contributed by atoms with van der Waals surface area (Å²) in [6.45, 7) is 9.05. The third-order valence-electron chi connectivity index (χ3n) is 3.93. The van der Waals surface area contributed by atoms with Gasteiger partial charge in [-0.05, 0) is 40.7 Å². The number of fused-ring (bicyclic) bond motifs is 1. The zero-order chi connectivity index (χ0) is 17.3. The summed E-state index contributed by atoms with van der Waals surface area (Å²) in [5, 5.41) is 16.8. The number of amides is 1. The van der Waals surface area contributed by atoms with E-state index in [4.69, 9.17) is 5.11 Å². The molecule has 0 radical (unpaired) electrons. The van der Waals surface area contributed by atoms with Crippen LogP contribution in [0.1, 0.15) is 49.8 Å². The third kappa shape index (κ3) is 3.33. The second-order valence-electron chi connectivity index (χ2n) is 6.12. The number of aryl methyl sites for hydroxylation is 1. The zero-order valence-electron chi connectivity index (χ0n) is 14.0. The molecule has 0 saturated carbocycles. The number of pyridine rings is 1. The number of carboxylic acid groups (broad SMARTS) is 1. The second-order valence-corrected chi connectivity index (χ2v) is 6.12. The number of nitrogens with zero attached hydrogens (tertiary/aromatic N) is 3. The molecule has 0 aliphatic heterocycles. The van der Waals surface area contributed by atoms with Crippen molar-refractivity contribution in [1.82, 2.24) is 20.1 Å². The van der Waals surface area contributed by atoms with E-state index in [1.54, 1.807) is 30.8 Å². The number of carbonyl (C=O) groups excluding carboxylic acids is 1. The minimum Gasteiger partial charge on any atom is -0.481 e. The van der Waals surface area contributed by atoms with Crippen molar-refractivity contribution < 1.29 is 14.7 Å². The van der Waals surface area contributed by atoms with Crippen molar-refractivity contribution >= 4 is 22.9 Å². The largest absolute Gasteiger partial charge is 0.481 e. The Bertz CT molecular complexity index is 751. The highest BCUT2D eigenvalue weighted by Gasteiger charge is 2.23. The predicted molar refractivity (Wildman–Crippen MR) is 86.4 cm³/mol. The lowest BCUT2D eigenvalue weighted by Crippen LogP contribution is -2.40. The number of hydrogen-bond acceptors (Lipinski definition) is 4. The molecule has 0 spiro atoms. The lowest BCUT2D eigenvalue weighted by molar-refractivity contribution is -0.141. The van der Waals surface area contributed by atoms with E-state index in [2.05, 4.69) is 15.4 Å². The lowest BCUT2D eigenvalue weighted by atomic mass is 10.0. The molecule has 0 aliphatic carbocycles. The first-order valence-electron chi connectivity index (χ1n) is 7.61. The van der Waals surface area contributed by atoms with E-state index in [0.717, 1.165) is 0 Å². The van der Waals surface area contributed by atoms with Crippen molar-refractivity contribution in [3.63, 3.8) is 0 Å². The van der Waals surface area contributed by atoms with Crippen LogP contribution in [0.4, 0.5) is 0 Å². The quantitative estimate of drug-likeness (QED) is 0.880. The molecule has 0 fully saturated rings. The smallest absolute Gasteiger partial charge is 0.308 e. The fourth-order valence-corrected chi connectivity index (χ4v) is 2.33. The minimum absolute atomic E-state index is 0.128. The predicted octanol–water partition coefficient (Wildman–Crippen LogP) is 2.16. The first-order chi connectivity index (χ1) is 10.7. The molecule has 0 bridgehead atoms. The molecule has 23 heavy (non-hydrogen) atoms. The van der Waals surface area contributed by atoms with E-state index in [1.165, 1.54) is 0 Å². The molecule has 7 nitrogen and oxygen atoms in total. The number of hydrogen-bond donors (Lipinski definition) is 2. The second kappa shape index (κ2) is 6.36. The molecule has 2 rings (SSSR count). The van der Waals surface area contributed by atoms with Crippen LogP contribution in [-0.4, -0.2) is 37.8 Å². The fourth-order valence-electron chi connectivity index (χ4n) is 2.33. The normalized spacial score (nSPS) is 14.0. The maximum absolute atomic E-state index is 12.6. The molecule has 0 saturated heterocycles. The van der Waals surface area contributed by atoms with E-state index in [0.29, 0.717) is 22.3 Å². The highest BCUT2D eigenvalue weighted by Crippen LogP contribution is 2.21. The highest BCUT2D eigenvalue weighted by molar-refractivity contribution is 6.05. The Hall–Kier alpha value is -2.44. The number of nitrogens with one attached hydrogen (secondary N) is 1. The van der Waals surface area contributed by atoms with Crippen molar-refractivity contribution in [2.24, 2.45) is 5.92 Å². The Kier molecular flexibility index (Phi) is 4.68. The van der Waals surface area contributed by atoms with Crippen molar-refractivity contribution in [3.05, 3.63) is 23.5 Å². The molecule has 2 aromatic heterocycles. The van der Waals surface area contributed by atoms with Crippen LogP contribution in [0.25, 0.3) is 11.0 Å². The van der Waals surface area contributed by atoms with Gasteiger partial charge in [-0.3, -0.25) is 9.59 Å². The number of aliphatic carboxylic acids is 1. The monoisotopic (exact) mass is 318 g/mol. The standard InChI is InChI=1S/C16H22N4O3/c1-8(2)20-14-13(7-17-20)12(6-9(3)18-14)15(21)19-11(5)10(4)16(22)23/h6-8,10-11H,1-5H3,(H,19,21)(H,22,23). The average Bonchev–Trinajstić information content (AvgIpc) is 2.88. The average molecular weight is 318 g/mol. The van der Waals surface area contributed by atoms with Crippen LogP contribution >= 0.6 is 0 Å². The van der Waals surface area contributed by atoms with E-state index in [1.807, 2.05) is 20.8 Å². The summed E-state index contributed by atoms with van der Waals surface area (Å²) in [5.74, 6) is -1.93. The Labute approximate surface area is 134 Å². The summed E-state index contributed by atoms with van der Waals surface area (Å²) < 4.78 is 1.77. The Morgan fingerprint density at radius 3 is 2.48 bits per heavy atom. The van der Waals surface area contributed by atoms with Gasteiger partial charge in [0.1, 0.15) is 0 Å². The van der Waals surface area contributed by atoms with Gasteiger partial charge in [-0.2, -0.15) is 5.10 Å². The maximum atomic E-state index is 12.6. The van der Waals surface area contributed by atoms with Gasteiger partial charge in [-0.15, -0.1) is 0 Å². The molecule has 124 valence electrons. The van der Waals surface area contributed by atoms with Gasteiger partial charge in [0.2, 0.25) is 0 Å². The third-order valence-corrected chi connectivity index (χ3v) is 3.93. The lowest BCUT2D eigenvalue weighted by Gasteiger charge is -2.18.